The second-order valence-corrected chi connectivity index (χ2v) is 5.68. The molecule has 5 heteroatoms. The number of benzene rings is 1. The predicted octanol–water partition coefficient (Wildman–Crippen LogP) is 3.11. The zero-order valence-electron chi connectivity index (χ0n) is 13.1. The van der Waals surface area contributed by atoms with E-state index >= 15 is 0 Å². The molecule has 1 aromatic carbocycles. The molecule has 0 saturated heterocycles. The van der Waals surface area contributed by atoms with Crippen LogP contribution in [0.4, 0.5) is 0 Å². The number of carbonyl (C=O) groups excluding carboxylic acids is 3. The van der Waals surface area contributed by atoms with Crippen LogP contribution in [0.15, 0.2) is 42.5 Å². The highest BCUT2D eigenvalue weighted by molar-refractivity contribution is 5.87. The van der Waals surface area contributed by atoms with E-state index in [0.717, 1.165) is 0 Å². The maximum Gasteiger partial charge on any atom is 0.336 e. The van der Waals surface area contributed by atoms with Gasteiger partial charge in [-0.25, -0.2) is 4.79 Å². The first kappa shape index (κ1) is 16.9. The smallest absolute Gasteiger partial charge is 0.336 e. The fourth-order valence-electron chi connectivity index (χ4n) is 2.35. The molecule has 2 rings (SSSR count). The molecule has 1 aliphatic rings. The quantitative estimate of drug-likeness (QED) is 0.474. The van der Waals surface area contributed by atoms with Crippen LogP contribution in [0.2, 0.25) is 0 Å². The molecule has 1 aromatic rings. The monoisotopic (exact) mass is 316 g/mol. The maximum atomic E-state index is 12.3. The lowest BCUT2D eigenvalue weighted by Crippen LogP contribution is -2.27. The van der Waals surface area contributed by atoms with E-state index in [2.05, 4.69) is 6.58 Å². The van der Waals surface area contributed by atoms with E-state index in [0.29, 0.717) is 31.2 Å². The third-order valence-electron chi connectivity index (χ3n) is 3.73. The van der Waals surface area contributed by atoms with Crippen molar-refractivity contribution >= 4 is 17.7 Å². The minimum absolute atomic E-state index is 0.169. The first-order chi connectivity index (χ1) is 11.0. The molecular formula is C18H20O5. The summed E-state index contributed by atoms with van der Waals surface area (Å²) in [6, 6.07) is 8.78. The average molecular weight is 316 g/mol. The predicted molar refractivity (Wildman–Crippen MR) is 83.1 cm³/mol. The highest BCUT2D eigenvalue weighted by Gasteiger charge is 2.30. The molecule has 1 fully saturated rings. The number of ketones is 1. The summed E-state index contributed by atoms with van der Waals surface area (Å²) in [5.41, 5.74) is 0.799. The van der Waals surface area contributed by atoms with Gasteiger partial charge in [0, 0.05) is 24.0 Å². The van der Waals surface area contributed by atoms with Gasteiger partial charge in [-0.2, -0.15) is 0 Å². The van der Waals surface area contributed by atoms with Gasteiger partial charge >= 0.3 is 11.9 Å². The van der Waals surface area contributed by atoms with Gasteiger partial charge in [-0.15, -0.1) is 0 Å². The standard InChI is InChI=1S/C18H20O5/c1-12(2)16(20)22-18(14-6-4-3-5-7-14)23-17(21)13-8-10-15(19)11-9-13/h3-7,13,18H,1,8-11H2,2H3. The molecule has 122 valence electrons. The van der Waals surface area contributed by atoms with Gasteiger partial charge < -0.3 is 9.47 Å². The SMILES string of the molecule is C=C(C)C(=O)OC(OC(=O)C1CCC(=O)CC1)c1ccccc1. The molecule has 0 N–H and O–H groups in total. The van der Waals surface area contributed by atoms with E-state index in [1.165, 1.54) is 6.92 Å². The summed E-state index contributed by atoms with van der Waals surface area (Å²) >= 11 is 0. The van der Waals surface area contributed by atoms with Crippen LogP contribution in [-0.4, -0.2) is 17.7 Å². The molecule has 1 unspecified atom stereocenters. The third kappa shape index (κ3) is 4.77. The van der Waals surface area contributed by atoms with Crippen LogP contribution in [-0.2, 0) is 23.9 Å². The molecule has 0 amide bonds. The Morgan fingerprint density at radius 3 is 2.30 bits per heavy atom. The van der Waals surface area contributed by atoms with Crippen molar-refractivity contribution in [3.8, 4) is 0 Å². The maximum absolute atomic E-state index is 12.3. The first-order valence-electron chi connectivity index (χ1n) is 7.61. The third-order valence-corrected chi connectivity index (χ3v) is 3.73. The zero-order chi connectivity index (χ0) is 16.8. The molecule has 1 saturated carbocycles. The lowest BCUT2D eigenvalue weighted by atomic mass is 9.88. The van der Waals surface area contributed by atoms with E-state index in [-0.39, 0.29) is 17.3 Å². The van der Waals surface area contributed by atoms with E-state index in [9.17, 15) is 14.4 Å². The fraction of sp³-hybridized carbons (Fsp3) is 0.389. The molecule has 1 atom stereocenters. The molecule has 23 heavy (non-hydrogen) atoms. The lowest BCUT2D eigenvalue weighted by molar-refractivity contribution is -0.190. The van der Waals surface area contributed by atoms with Gasteiger partial charge in [-0.05, 0) is 19.8 Å². The average Bonchev–Trinajstić information content (AvgIpc) is 2.55. The Morgan fingerprint density at radius 1 is 1.13 bits per heavy atom. The van der Waals surface area contributed by atoms with Crippen LogP contribution in [0, 0.1) is 5.92 Å². The molecule has 0 spiro atoms. The normalized spacial score (nSPS) is 16.5. The lowest BCUT2D eigenvalue weighted by Gasteiger charge is -2.23. The van der Waals surface area contributed by atoms with Gasteiger partial charge in [-0.1, -0.05) is 36.9 Å². The van der Waals surface area contributed by atoms with Gasteiger partial charge in [0.25, 0.3) is 6.29 Å². The molecule has 0 bridgehead atoms. The van der Waals surface area contributed by atoms with Gasteiger partial charge in [0.05, 0.1) is 5.92 Å². The number of hydrogen-bond donors (Lipinski definition) is 0. The Kier molecular flexibility index (Phi) is 5.68. The van der Waals surface area contributed by atoms with Gasteiger partial charge in [0.1, 0.15) is 5.78 Å². The van der Waals surface area contributed by atoms with Crippen LogP contribution in [0.1, 0.15) is 44.5 Å². The summed E-state index contributed by atoms with van der Waals surface area (Å²) < 4.78 is 10.6. The van der Waals surface area contributed by atoms with Crippen molar-refractivity contribution in [1.29, 1.82) is 0 Å². The molecule has 5 nitrogen and oxygen atoms in total. The topological polar surface area (TPSA) is 69.7 Å². The molecule has 0 aromatic heterocycles. The highest BCUT2D eigenvalue weighted by atomic mass is 16.7. The summed E-state index contributed by atoms with van der Waals surface area (Å²) in [6.07, 6.45) is 0.634. The molecule has 1 aliphatic carbocycles. The van der Waals surface area contributed by atoms with Crippen molar-refractivity contribution in [3.05, 3.63) is 48.0 Å². The Balaban J connectivity index is 2.08. The van der Waals surface area contributed by atoms with E-state index in [1.54, 1.807) is 24.3 Å². The highest BCUT2D eigenvalue weighted by Crippen LogP contribution is 2.27. The van der Waals surface area contributed by atoms with Crippen molar-refractivity contribution in [3.63, 3.8) is 0 Å². The summed E-state index contributed by atoms with van der Waals surface area (Å²) in [5, 5.41) is 0. The van der Waals surface area contributed by atoms with Crippen molar-refractivity contribution in [2.45, 2.75) is 38.9 Å². The molecular weight excluding hydrogens is 296 g/mol. The minimum atomic E-state index is -1.11. The van der Waals surface area contributed by atoms with Crippen LogP contribution in [0.5, 0.6) is 0 Å². The fourth-order valence-corrected chi connectivity index (χ4v) is 2.35. The van der Waals surface area contributed by atoms with Gasteiger partial charge in [-0.3, -0.25) is 9.59 Å². The van der Waals surface area contributed by atoms with E-state index in [4.69, 9.17) is 9.47 Å². The van der Waals surface area contributed by atoms with E-state index in [1.807, 2.05) is 6.07 Å². The summed E-state index contributed by atoms with van der Waals surface area (Å²) in [7, 11) is 0. The number of hydrogen-bond acceptors (Lipinski definition) is 5. The number of esters is 2. The second-order valence-electron chi connectivity index (χ2n) is 5.68. The van der Waals surface area contributed by atoms with Crippen molar-refractivity contribution in [2.75, 3.05) is 0 Å². The van der Waals surface area contributed by atoms with Crippen molar-refractivity contribution in [1.82, 2.24) is 0 Å². The number of carbonyl (C=O) groups is 3. The molecule has 0 radical (unpaired) electrons. The van der Waals surface area contributed by atoms with E-state index < -0.39 is 18.2 Å². The Hall–Kier alpha value is -2.43. The Labute approximate surface area is 135 Å². The summed E-state index contributed by atoms with van der Waals surface area (Å²) in [5.74, 6) is -1.23. The molecule has 0 heterocycles. The molecule has 0 aliphatic heterocycles. The summed E-state index contributed by atoms with van der Waals surface area (Å²) in [6.45, 7) is 5.05. The van der Waals surface area contributed by atoms with Gasteiger partial charge in [0.15, 0.2) is 0 Å². The van der Waals surface area contributed by atoms with Gasteiger partial charge in [0.2, 0.25) is 0 Å². The number of Topliss-reactive ketones (excluding diaryl/α,β-unsaturated/α-hetero) is 1. The van der Waals surface area contributed by atoms with Crippen LogP contribution < -0.4 is 0 Å². The van der Waals surface area contributed by atoms with Crippen LogP contribution in [0.3, 0.4) is 0 Å². The van der Waals surface area contributed by atoms with Crippen molar-refractivity contribution in [2.24, 2.45) is 5.92 Å². The number of ether oxygens (including phenoxy) is 2. The summed E-state index contributed by atoms with van der Waals surface area (Å²) in [4.78, 5) is 35.3. The second kappa shape index (κ2) is 7.72. The van der Waals surface area contributed by atoms with Crippen molar-refractivity contribution < 1.29 is 23.9 Å². The zero-order valence-corrected chi connectivity index (χ0v) is 13.1. The minimum Gasteiger partial charge on any atom is -0.420 e. The Morgan fingerprint density at radius 2 is 1.74 bits per heavy atom. The largest absolute Gasteiger partial charge is 0.420 e. The van der Waals surface area contributed by atoms with Crippen LogP contribution >= 0.6 is 0 Å². The first-order valence-corrected chi connectivity index (χ1v) is 7.61. The number of rotatable bonds is 5. The Bertz CT molecular complexity index is 595. The van der Waals surface area contributed by atoms with Crippen LogP contribution in [0.25, 0.3) is 0 Å².